The lowest BCUT2D eigenvalue weighted by molar-refractivity contribution is 0.0299. The number of carbonyl (C=O) groups excluding carboxylic acids is 1. The summed E-state index contributed by atoms with van der Waals surface area (Å²) in [4.78, 5) is 22.5. The zero-order valence-electron chi connectivity index (χ0n) is 20.7. The first-order valence-electron chi connectivity index (χ1n) is 11.9. The third-order valence-corrected chi connectivity index (χ3v) is 6.88. The van der Waals surface area contributed by atoms with Crippen LogP contribution in [0.25, 0.3) is 22.8 Å². The molecule has 5 rings (SSSR count). The van der Waals surface area contributed by atoms with Crippen LogP contribution >= 0.6 is 23.2 Å². The van der Waals surface area contributed by atoms with Crippen molar-refractivity contribution in [3.63, 3.8) is 0 Å². The summed E-state index contributed by atoms with van der Waals surface area (Å²) < 4.78 is 28.3. The Balaban J connectivity index is 1.39. The van der Waals surface area contributed by atoms with Gasteiger partial charge in [-0.1, -0.05) is 23.2 Å². The summed E-state index contributed by atoms with van der Waals surface area (Å²) in [6.07, 6.45) is 5.26. The quantitative estimate of drug-likeness (QED) is 0.301. The fourth-order valence-corrected chi connectivity index (χ4v) is 4.99. The average Bonchev–Trinajstić information content (AvgIpc) is 3.22. The minimum Gasteiger partial charge on any atom is -0.486 e. The Labute approximate surface area is 228 Å². The van der Waals surface area contributed by atoms with E-state index in [0.717, 1.165) is 5.52 Å². The summed E-state index contributed by atoms with van der Waals surface area (Å²) in [7, 11) is 1.78. The smallest absolute Gasteiger partial charge is 0.272 e. The number of nitrogens with zero attached hydrogens (tertiary/aromatic N) is 5. The number of halogens is 3. The summed E-state index contributed by atoms with van der Waals surface area (Å²) in [6, 6.07) is 8.52. The topological polar surface area (TPSA) is 82.4 Å². The number of morpholine rings is 1. The normalized spacial score (nSPS) is 15.1. The van der Waals surface area contributed by atoms with Crippen LogP contribution in [0.1, 0.15) is 40.3 Å². The van der Waals surface area contributed by atoms with E-state index < -0.39 is 11.9 Å². The molecule has 0 bridgehead atoms. The van der Waals surface area contributed by atoms with Crippen molar-refractivity contribution < 1.29 is 18.7 Å². The summed E-state index contributed by atoms with van der Waals surface area (Å²) >= 11 is 12.6. The fraction of sp³-hybridized carbons (Fsp3) is 0.259. The van der Waals surface area contributed by atoms with Crippen LogP contribution in [0.4, 0.5) is 4.39 Å². The van der Waals surface area contributed by atoms with Gasteiger partial charge in [0.1, 0.15) is 23.4 Å². The lowest BCUT2D eigenvalue weighted by Gasteiger charge is -2.26. The molecule has 1 saturated heterocycles. The van der Waals surface area contributed by atoms with Crippen LogP contribution in [0, 0.1) is 0 Å². The number of amides is 1. The van der Waals surface area contributed by atoms with Crippen LogP contribution in [0.3, 0.4) is 0 Å². The number of pyridine rings is 2. The Morgan fingerprint density at radius 2 is 1.87 bits per heavy atom. The summed E-state index contributed by atoms with van der Waals surface area (Å²) in [6.45, 7) is 3.85. The highest BCUT2D eigenvalue weighted by molar-refractivity contribution is 6.35. The Morgan fingerprint density at radius 1 is 1.13 bits per heavy atom. The molecule has 0 saturated carbocycles. The van der Waals surface area contributed by atoms with Gasteiger partial charge in [0.2, 0.25) is 0 Å². The molecule has 1 aliphatic heterocycles. The van der Waals surface area contributed by atoms with Crippen molar-refractivity contribution in [3.8, 4) is 5.75 Å². The van der Waals surface area contributed by atoms with Gasteiger partial charge in [-0.25, -0.2) is 4.39 Å². The number of carbonyl (C=O) groups is 1. The number of hydrogen-bond acceptors (Lipinski definition) is 6. The number of ether oxygens (including phenoxy) is 2. The first kappa shape index (κ1) is 26.1. The minimum atomic E-state index is -0.530. The predicted octanol–water partition coefficient (Wildman–Crippen LogP) is 5.75. The standard InChI is InChI=1S/C27H24Cl2FN5O3/c1-16(26-20(28)14-31-15-21(26)29)38-18-4-6-25-19(11-18)24(33-34(25)2)12-22(30)17-3-5-23(32-13-17)27(36)35-7-9-37-10-8-35/h3-6,11-16H,7-10H2,1-2H3/b22-12-/t16-/m1/s1. The van der Waals surface area contributed by atoms with Crippen LogP contribution in [-0.2, 0) is 11.8 Å². The van der Waals surface area contributed by atoms with E-state index in [-0.39, 0.29) is 17.2 Å². The van der Waals surface area contributed by atoms with Crippen LogP contribution in [0.2, 0.25) is 10.0 Å². The molecule has 11 heteroatoms. The number of aryl methyl sites for hydroxylation is 1. The van der Waals surface area contributed by atoms with Gasteiger partial charge >= 0.3 is 0 Å². The minimum absolute atomic E-state index is 0.198. The van der Waals surface area contributed by atoms with Crippen molar-refractivity contribution in [2.45, 2.75) is 13.0 Å². The van der Waals surface area contributed by atoms with Gasteiger partial charge in [0.15, 0.2) is 0 Å². The van der Waals surface area contributed by atoms with Crippen molar-refractivity contribution in [2.24, 2.45) is 7.05 Å². The second-order valence-electron chi connectivity index (χ2n) is 8.79. The van der Waals surface area contributed by atoms with E-state index in [4.69, 9.17) is 32.7 Å². The predicted molar refractivity (Wildman–Crippen MR) is 144 cm³/mol. The third-order valence-electron chi connectivity index (χ3n) is 6.28. The number of rotatable bonds is 6. The van der Waals surface area contributed by atoms with Gasteiger partial charge in [-0.05, 0) is 37.3 Å². The first-order chi connectivity index (χ1) is 18.3. The number of benzene rings is 1. The molecule has 8 nitrogen and oxygen atoms in total. The lowest BCUT2D eigenvalue weighted by atomic mass is 10.1. The summed E-state index contributed by atoms with van der Waals surface area (Å²) in [5.74, 6) is -0.182. The second-order valence-corrected chi connectivity index (χ2v) is 9.61. The molecule has 0 unspecified atom stereocenters. The Hall–Kier alpha value is -3.53. The van der Waals surface area contributed by atoms with Crippen molar-refractivity contribution in [2.75, 3.05) is 26.3 Å². The van der Waals surface area contributed by atoms with Gasteiger partial charge in [-0.2, -0.15) is 5.10 Å². The molecule has 0 N–H and O–H groups in total. The first-order valence-corrected chi connectivity index (χ1v) is 12.7. The van der Waals surface area contributed by atoms with Crippen molar-refractivity contribution in [3.05, 3.63) is 81.5 Å². The zero-order valence-corrected chi connectivity index (χ0v) is 22.2. The molecule has 0 aliphatic carbocycles. The van der Waals surface area contributed by atoms with Crippen molar-refractivity contribution in [1.29, 1.82) is 0 Å². The fourth-order valence-electron chi connectivity index (χ4n) is 4.32. The molecule has 3 aromatic heterocycles. The van der Waals surface area contributed by atoms with Crippen molar-refractivity contribution >= 4 is 51.9 Å². The average molecular weight is 556 g/mol. The van der Waals surface area contributed by atoms with E-state index in [9.17, 15) is 4.79 Å². The largest absolute Gasteiger partial charge is 0.486 e. The number of aromatic nitrogens is 4. The molecule has 0 radical (unpaired) electrons. The highest BCUT2D eigenvalue weighted by atomic mass is 35.5. The number of hydrogen-bond donors (Lipinski definition) is 0. The number of fused-ring (bicyclic) bond motifs is 1. The molecule has 1 aromatic carbocycles. The van der Waals surface area contributed by atoms with Gasteiger partial charge < -0.3 is 14.4 Å². The van der Waals surface area contributed by atoms with Gasteiger partial charge in [-0.3, -0.25) is 19.4 Å². The maximum absolute atomic E-state index is 15.3. The van der Waals surface area contributed by atoms with Crippen LogP contribution in [0.5, 0.6) is 5.75 Å². The second kappa shape index (κ2) is 11.1. The highest BCUT2D eigenvalue weighted by Gasteiger charge is 2.20. The Kier molecular flexibility index (Phi) is 7.60. The van der Waals surface area contributed by atoms with E-state index in [1.54, 1.807) is 22.7 Å². The molecule has 1 atom stereocenters. The molecule has 196 valence electrons. The van der Waals surface area contributed by atoms with E-state index in [2.05, 4.69) is 15.1 Å². The Bertz CT molecular complexity index is 1500. The van der Waals surface area contributed by atoms with Crippen LogP contribution in [-0.4, -0.2) is 56.9 Å². The molecule has 4 heterocycles. The van der Waals surface area contributed by atoms with Gasteiger partial charge in [0.05, 0.1) is 34.5 Å². The van der Waals surface area contributed by atoms with Crippen LogP contribution in [0.15, 0.2) is 48.9 Å². The third kappa shape index (κ3) is 5.36. The van der Waals surface area contributed by atoms with Gasteiger partial charge in [0, 0.05) is 61.3 Å². The Morgan fingerprint density at radius 3 is 2.55 bits per heavy atom. The molecule has 1 aliphatic rings. The monoisotopic (exact) mass is 555 g/mol. The van der Waals surface area contributed by atoms with E-state index in [0.29, 0.717) is 58.7 Å². The summed E-state index contributed by atoms with van der Waals surface area (Å²) in [5, 5.41) is 5.98. The zero-order chi connectivity index (χ0) is 26.8. The SMILES string of the molecule is C[C@@H](Oc1ccc2c(c1)c(/C=C(\F)c1ccc(C(=O)N3CCOCC3)nc1)nn2C)c1c(Cl)cncc1Cl. The van der Waals surface area contributed by atoms with E-state index in [1.165, 1.54) is 36.8 Å². The van der Waals surface area contributed by atoms with Gasteiger partial charge in [-0.15, -0.1) is 0 Å². The molecule has 0 spiro atoms. The molecular weight excluding hydrogens is 532 g/mol. The molecule has 4 aromatic rings. The highest BCUT2D eigenvalue weighted by Crippen LogP contribution is 2.34. The van der Waals surface area contributed by atoms with Gasteiger partial charge in [0.25, 0.3) is 5.91 Å². The maximum Gasteiger partial charge on any atom is 0.272 e. The molecule has 1 amide bonds. The van der Waals surface area contributed by atoms with E-state index in [1.807, 2.05) is 19.1 Å². The summed E-state index contributed by atoms with van der Waals surface area (Å²) in [5.41, 5.74) is 2.35. The molecule has 38 heavy (non-hydrogen) atoms. The van der Waals surface area contributed by atoms with Crippen molar-refractivity contribution in [1.82, 2.24) is 24.6 Å². The van der Waals surface area contributed by atoms with Crippen LogP contribution < -0.4 is 4.74 Å². The molecule has 1 fully saturated rings. The maximum atomic E-state index is 15.3. The lowest BCUT2D eigenvalue weighted by Crippen LogP contribution is -2.41. The molecular formula is C27H24Cl2FN5O3. The van der Waals surface area contributed by atoms with E-state index >= 15 is 4.39 Å².